The molecule has 0 aromatic heterocycles. The molecular weight excluding hydrogens is 531 g/mol. The van der Waals surface area contributed by atoms with Gasteiger partial charge in [0.25, 0.3) is 0 Å². The van der Waals surface area contributed by atoms with Crippen molar-refractivity contribution in [2.24, 2.45) is 5.41 Å². The fraction of sp³-hybridized carbons (Fsp3) is 0.353. The molecule has 2 heterocycles. The van der Waals surface area contributed by atoms with E-state index < -0.39 is 11.9 Å². The Hall–Kier alpha value is -4.33. The summed E-state index contributed by atoms with van der Waals surface area (Å²) in [6, 6.07) is 21.6. The Bertz CT molecular complexity index is 1530. The van der Waals surface area contributed by atoms with Gasteiger partial charge < -0.3 is 24.8 Å². The van der Waals surface area contributed by atoms with Crippen LogP contribution in [0.5, 0.6) is 5.75 Å². The number of benzene rings is 3. The van der Waals surface area contributed by atoms with E-state index in [4.69, 9.17) is 4.74 Å². The highest BCUT2D eigenvalue weighted by Gasteiger charge is 2.43. The molecule has 1 N–H and O–H groups in total. The number of methoxy groups -OCH3 is 1. The molecule has 1 saturated heterocycles. The Morgan fingerprint density at radius 1 is 0.952 bits per heavy atom. The van der Waals surface area contributed by atoms with Gasteiger partial charge >= 0.3 is 0 Å². The molecular formula is C34H37FN4O3. The zero-order chi connectivity index (χ0) is 29.4. The highest BCUT2D eigenvalue weighted by atomic mass is 19.1. The second kappa shape index (κ2) is 11.2. The molecule has 3 aromatic carbocycles. The number of halogens is 1. The van der Waals surface area contributed by atoms with Gasteiger partial charge in [0.05, 0.1) is 31.1 Å². The number of hydrogen-bond acceptors (Lipinski definition) is 6. The van der Waals surface area contributed by atoms with E-state index in [1.165, 1.54) is 6.07 Å². The number of allylic oxidation sites excluding steroid dienone is 1. The van der Waals surface area contributed by atoms with Crippen LogP contribution in [0.3, 0.4) is 0 Å². The number of anilines is 3. The molecule has 1 aliphatic carbocycles. The molecule has 3 aliphatic rings. The Morgan fingerprint density at radius 3 is 2.36 bits per heavy atom. The molecule has 6 rings (SSSR count). The number of nitrogens with one attached hydrogen (secondary N) is 1. The molecule has 8 heteroatoms. The van der Waals surface area contributed by atoms with Crippen molar-refractivity contribution >= 4 is 28.8 Å². The van der Waals surface area contributed by atoms with Crippen molar-refractivity contribution in [3.63, 3.8) is 0 Å². The minimum Gasteiger partial charge on any atom is -0.497 e. The zero-order valence-electron chi connectivity index (χ0n) is 24.4. The summed E-state index contributed by atoms with van der Waals surface area (Å²) in [6.07, 6.45) is 1.02. The van der Waals surface area contributed by atoms with Crippen LogP contribution in [-0.2, 0) is 9.59 Å². The normalized spacial score (nSPS) is 20.0. The lowest BCUT2D eigenvalue weighted by molar-refractivity contribution is -0.130. The van der Waals surface area contributed by atoms with E-state index in [0.717, 1.165) is 28.5 Å². The van der Waals surface area contributed by atoms with Gasteiger partial charge in [-0.1, -0.05) is 44.2 Å². The van der Waals surface area contributed by atoms with Gasteiger partial charge in [-0.3, -0.25) is 9.59 Å². The Labute approximate surface area is 246 Å². The van der Waals surface area contributed by atoms with E-state index in [2.05, 4.69) is 24.1 Å². The van der Waals surface area contributed by atoms with Gasteiger partial charge in [0.15, 0.2) is 5.78 Å². The monoisotopic (exact) mass is 568 g/mol. The third-order valence-electron chi connectivity index (χ3n) is 8.58. The number of fused-ring (bicyclic) bond motifs is 1. The number of nitrogens with zero attached hydrogens (tertiary/aromatic N) is 3. The average Bonchev–Trinajstić information content (AvgIpc) is 3.11. The molecule has 218 valence electrons. The van der Waals surface area contributed by atoms with Gasteiger partial charge in [-0.25, -0.2) is 4.39 Å². The van der Waals surface area contributed by atoms with Crippen molar-refractivity contribution in [2.75, 3.05) is 55.0 Å². The van der Waals surface area contributed by atoms with Crippen LogP contribution in [0.4, 0.5) is 21.5 Å². The number of piperazine rings is 1. The molecule has 7 nitrogen and oxygen atoms in total. The maximum absolute atomic E-state index is 15.5. The number of carbonyl (C=O) groups is 2. The Balaban J connectivity index is 1.33. The van der Waals surface area contributed by atoms with E-state index in [-0.39, 0.29) is 23.7 Å². The average molecular weight is 569 g/mol. The lowest BCUT2D eigenvalue weighted by Crippen LogP contribution is -2.52. The number of hydrogen-bond donors (Lipinski definition) is 1. The van der Waals surface area contributed by atoms with E-state index >= 15 is 4.39 Å². The van der Waals surface area contributed by atoms with Crippen molar-refractivity contribution in [1.29, 1.82) is 0 Å². The minimum absolute atomic E-state index is 0.0136. The standard InChI is InChI=1S/C34H37FN4O3/c1-34(2)20-28-32(30(40)21-34)33(25-8-4-5-9-26(25)35)39(29-11-7-6-10-27(29)36-28)22-31(41)38-18-16-37(17-19-38)23-12-14-24(42-3)15-13-23/h4-15,33,36H,16-22H2,1-3H3. The SMILES string of the molecule is COc1ccc(N2CCN(C(=O)CN3c4ccccc4NC4=C(C(=O)CC(C)(C)C4)C3c3ccccc3F)CC2)cc1. The van der Waals surface area contributed by atoms with E-state index in [1.807, 2.05) is 58.3 Å². The van der Waals surface area contributed by atoms with Gasteiger partial charge in [-0.15, -0.1) is 0 Å². The number of rotatable bonds is 5. The number of Topliss-reactive ketones (excluding diaryl/α,β-unsaturated/α-hetero) is 1. The van der Waals surface area contributed by atoms with Crippen LogP contribution in [0.2, 0.25) is 0 Å². The van der Waals surface area contributed by atoms with Gasteiger partial charge in [0, 0.05) is 55.1 Å². The summed E-state index contributed by atoms with van der Waals surface area (Å²) in [4.78, 5) is 33.9. The van der Waals surface area contributed by atoms with Crippen LogP contribution in [-0.4, -0.2) is 56.4 Å². The first-order chi connectivity index (χ1) is 20.2. The quantitative estimate of drug-likeness (QED) is 0.420. The van der Waals surface area contributed by atoms with Crippen molar-refractivity contribution in [3.8, 4) is 5.75 Å². The summed E-state index contributed by atoms with van der Waals surface area (Å²) in [7, 11) is 1.65. The van der Waals surface area contributed by atoms with Crippen LogP contribution >= 0.6 is 0 Å². The summed E-state index contributed by atoms with van der Waals surface area (Å²) in [5, 5.41) is 3.54. The summed E-state index contributed by atoms with van der Waals surface area (Å²) in [5.41, 5.74) is 4.20. The van der Waals surface area contributed by atoms with Crippen LogP contribution in [0.25, 0.3) is 0 Å². The fourth-order valence-corrected chi connectivity index (χ4v) is 6.50. The highest BCUT2D eigenvalue weighted by molar-refractivity contribution is 6.02. The van der Waals surface area contributed by atoms with Gasteiger partial charge in [-0.05, 0) is 54.3 Å². The summed E-state index contributed by atoms with van der Waals surface area (Å²) >= 11 is 0. The number of carbonyl (C=O) groups excluding carboxylic acids is 2. The molecule has 0 radical (unpaired) electrons. The highest BCUT2D eigenvalue weighted by Crippen LogP contribution is 2.48. The zero-order valence-corrected chi connectivity index (χ0v) is 24.4. The maximum Gasteiger partial charge on any atom is 0.242 e. The third-order valence-corrected chi connectivity index (χ3v) is 8.58. The Kier molecular flexibility index (Phi) is 7.39. The van der Waals surface area contributed by atoms with Crippen LogP contribution in [0.1, 0.15) is 38.3 Å². The molecule has 1 fully saturated rings. The minimum atomic E-state index is -0.731. The number of amides is 1. The molecule has 1 unspecified atom stereocenters. The van der Waals surface area contributed by atoms with Crippen molar-refractivity contribution in [2.45, 2.75) is 32.7 Å². The third kappa shape index (κ3) is 5.33. The first kappa shape index (κ1) is 27.8. The largest absolute Gasteiger partial charge is 0.497 e. The van der Waals surface area contributed by atoms with E-state index in [9.17, 15) is 9.59 Å². The summed E-state index contributed by atoms with van der Waals surface area (Å²) in [6.45, 7) is 6.74. The number of ether oxygens (including phenoxy) is 1. The molecule has 0 spiro atoms. The first-order valence-corrected chi connectivity index (χ1v) is 14.5. The predicted molar refractivity (Wildman–Crippen MR) is 163 cm³/mol. The van der Waals surface area contributed by atoms with Crippen LogP contribution < -0.4 is 19.9 Å². The first-order valence-electron chi connectivity index (χ1n) is 14.5. The fourth-order valence-electron chi connectivity index (χ4n) is 6.50. The van der Waals surface area contributed by atoms with E-state index in [0.29, 0.717) is 50.2 Å². The van der Waals surface area contributed by atoms with Crippen LogP contribution in [0.15, 0.2) is 84.1 Å². The molecule has 0 bridgehead atoms. The lowest BCUT2D eigenvalue weighted by atomic mass is 9.73. The Morgan fingerprint density at radius 2 is 1.64 bits per heavy atom. The van der Waals surface area contributed by atoms with E-state index in [1.54, 1.807) is 25.3 Å². The molecule has 42 heavy (non-hydrogen) atoms. The summed E-state index contributed by atoms with van der Waals surface area (Å²) < 4.78 is 20.8. The van der Waals surface area contributed by atoms with Crippen LogP contribution in [0, 0.1) is 11.2 Å². The predicted octanol–water partition coefficient (Wildman–Crippen LogP) is 5.80. The van der Waals surface area contributed by atoms with Gasteiger partial charge in [0.2, 0.25) is 5.91 Å². The van der Waals surface area contributed by atoms with Crippen molar-refractivity contribution in [1.82, 2.24) is 4.90 Å². The lowest BCUT2D eigenvalue weighted by Gasteiger charge is -2.40. The second-order valence-corrected chi connectivity index (χ2v) is 12.1. The smallest absolute Gasteiger partial charge is 0.242 e. The topological polar surface area (TPSA) is 65.1 Å². The molecule has 1 amide bonds. The number of para-hydroxylation sites is 2. The maximum atomic E-state index is 15.5. The van der Waals surface area contributed by atoms with Gasteiger partial charge in [0.1, 0.15) is 11.6 Å². The summed E-state index contributed by atoms with van der Waals surface area (Å²) in [5.74, 6) is 0.355. The molecule has 1 atom stereocenters. The molecule has 3 aromatic rings. The molecule has 2 aliphatic heterocycles. The second-order valence-electron chi connectivity index (χ2n) is 12.1. The van der Waals surface area contributed by atoms with Gasteiger partial charge in [-0.2, -0.15) is 0 Å². The van der Waals surface area contributed by atoms with Crippen molar-refractivity contribution < 1.29 is 18.7 Å². The number of ketones is 1. The van der Waals surface area contributed by atoms with Crippen molar-refractivity contribution in [3.05, 3.63) is 95.4 Å². The molecule has 0 saturated carbocycles.